The van der Waals surface area contributed by atoms with E-state index in [1.54, 1.807) is 7.11 Å². The standard InChI is InChI=1S/C16H25NO3/c1-5-7-12(3)17-16(18)15(6-2)20-14-10-8-13(19-4)9-11-14/h8-12,15H,5-7H2,1-4H3,(H,17,18)/t12-,15-/m1/s1. The minimum absolute atomic E-state index is 0.0516. The molecular weight excluding hydrogens is 254 g/mol. The Morgan fingerprint density at radius 1 is 1.20 bits per heavy atom. The highest BCUT2D eigenvalue weighted by molar-refractivity contribution is 5.81. The fourth-order valence-electron chi connectivity index (χ4n) is 1.98. The molecule has 0 bridgehead atoms. The lowest BCUT2D eigenvalue weighted by atomic mass is 10.1. The van der Waals surface area contributed by atoms with Crippen LogP contribution in [0.4, 0.5) is 0 Å². The van der Waals surface area contributed by atoms with E-state index in [-0.39, 0.29) is 11.9 Å². The topological polar surface area (TPSA) is 47.6 Å². The van der Waals surface area contributed by atoms with Crippen LogP contribution < -0.4 is 14.8 Å². The van der Waals surface area contributed by atoms with Crippen LogP contribution in [0.15, 0.2) is 24.3 Å². The molecule has 0 aliphatic carbocycles. The van der Waals surface area contributed by atoms with Crippen molar-refractivity contribution in [1.82, 2.24) is 5.32 Å². The molecule has 0 saturated carbocycles. The van der Waals surface area contributed by atoms with Crippen LogP contribution in [0, 0.1) is 0 Å². The summed E-state index contributed by atoms with van der Waals surface area (Å²) in [6.07, 6.45) is 2.21. The molecule has 1 rings (SSSR count). The Labute approximate surface area is 121 Å². The van der Waals surface area contributed by atoms with Gasteiger partial charge < -0.3 is 14.8 Å². The van der Waals surface area contributed by atoms with Crippen LogP contribution in [0.2, 0.25) is 0 Å². The Hall–Kier alpha value is -1.71. The maximum Gasteiger partial charge on any atom is 0.261 e. The number of amides is 1. The van der Waals surface area contributed by atoms with E-state index in [0.29, 0.717) is 12.2 Å². The second-order valence-corrected chi connectivity index (χ2v) is 4.89. The molecule has 112 valence electrons. The summed E-state index contributed by atoms with van der Waals surface area (Å²) < 4.78 is 10.8. The average Bonchev–Trinajstić information content (AvgIpc) is 2.45. The quantitative estimate of drug-likeness (QED) is 0.795. The molecular formula is C16H25NO3. The zero-order valence-electron chi connectivity index (χ0n) is 12.8. The first kappa shape index (κ1) is 16.3. The first-order valence-electron chi connectivity index (χ1n) is 7.21. The van der Waals surface area contributed by atoms with Gasteiger partial charge in [0.25, 0.3) is 5.91 Å². The van der Waals surface area contributed by atoms with Crippen LogP contribution in [-0.2, 0) is 4.79 Å². The second-order valence-electron chi connectivity index (χ2n) is 4.89. The molecule has 0 saturated heterocycles. The van der Waals surface area contributed by atoms with Crippen molar-refractivity contribution in [2.24, 2.45) is 0 Å². The lowest BCUT2D eigenvalue weighted by Crippen LogP contribution is -2.42. The van der Waals surface area contributed by atoms with Crippen LogP contribution in [0.25, 0.3) is 0 Å². The molecule has 4 nitrogen and oxygen atoms in total. The minimum atomic E-state index is -0.456. The molecule has 0 unspecified atom stereocenters. The van der Waals surface area contributed by atoms with E-state index in [1.807, 2.05) is 38.1 Å². The number of hydrogen-bond donors (Lipinski definition) is 1. The van der Waals surface area contributed by atoms with Crippen LogP contribution in [-0.4, -0.2) is 25.2 Å². The van der Waals surface area contributed by atoms with Gasteiger partial charge in [-0.2, -0.15) is 0 Å². The summed E-state index contributed by atoms with van der Waals surface area (Å²) in [5.41, 5.74) is 0. The molecule has 0 heterocycles. The molecule has 20 heavy (non-hydrogen) atoms. The van der Waals surface area contributed by atoms with Crippen molar-refractivity contribution < 1.29 is 14.3 Å². The number of ether oxygens (including phenoxy) is 2. The molecule has 0 aromatic heterocycles. The van der Waals surface area contributed by atoms with Gasteiger partial charge in [-0.05, 0) is 44.0 Å². The molecule has 1 amide bonds. The maximum absolute atomic E-state index is 12.1. The van der Waals surface area contributed by atoms with E-state index in [1.165, 1.54) is 0 Å². The molecule has 0 aliphatic heterocycles. The number of methoxy groups -OCH3 is 1. The fourth-order valence-corrected chi connectivity index (χ4v) is 1.98. The summed E-state index contributed by atoms with van der Waals surface area (Å²) in [5.74, 6) is 1.40. The molecule has 2 atom stereocenters. The molecule has 1 N–H and O–H groups in total. The Morgan fingerprint density at radius 3 is 2.30 bits per heavy atom. The Balaban J connectivity index is 2.58. The maximum atomic E-state index is 12.1. The predicted molar refractivity (Wildman–Crippen MR) is 80.2 cm³/mol. The van der Waals surface area contributed by atoms with Crippen molar-refractivity contribution in [3.63, 3.8) is 0 Å². The fraction of sp³-hybridized carbons (Fsp3) is 0.562. The molecule has 0 spiro atoms. The van der Waals surface area contributed by atoms with Gasteiger partial charge in [-0.25, -0.2) is 0 Å². The smallest absolute Gasteiger partial charge is 0.261 e. The first-order valence-corrected chi connectivity index (χ1v) is 7.21. The van der Waals surface area contributed by atoms with Crippen molar-refractivity contribution in [2.75, 3.05) is 7.11 Å². The number of carbonyl (C=O) groups excluding carboxylic acids is 1. The summed E-state index contributed by atoms with van der Waals surface area (Å²) in [5, 5.41) is 2.99. The van der Waals surface area contributed by atoms with Gasteiger partial charge in [0.05, 0.1) is 7.11 Å². The zero-order chi connectivity index (χ0) is 15.0. The highest BCUT2D eigenvalue weighted by atomic mass is 16.5. The summed E-state index contributed by atoms with van der Waals surface area (Å²) in [4.78, 5) is 12.1. The molecule has 0 aliphatic rings. The van der Waals surface area contributed by atoms with Crippen LogP contribution >= 0.6 is 0 Å². The number of carbonyl (C=O) groups is 1. The monoisotopic (exact) mass is 279 g/mol. The highest BCUT2D eigenvalue weighted by Gasteiger charge is 2.19. The van der Waals surface area contributed by atoms with E-state index >= 15 is 0 Å². The summed E-state index contributed by atoms with van der Waals surface area (Å²) in [7, 11) is 1.62. The summed E-state index contributed by atoms with van der Waals surface area (Å²) >= 11 is 0. The Bertz CT molecular complexity index is 403. The highest BCUT2D eigenvalue weighted by Crippen LogP contribution is 2.19. The lowest BCUT2D eigenvalue weighted by molar-refractivity contribution is -0.128. The Kier molecular flexibility index (Phi) is 6.91. The molecule has 1 aromatic carbocycles. The van der Waals surface area contributed by atoms with E-state index in [0.717, 1.165) is 18.6 Å². The van der Waals surface area contributed by atoms with Crippen molar-refractivity contribution in [3.05, 3.63) is 24.3 Å². The number of benzene rings is 1. The van der Waals surface area contributed by atoms with Crippen LogP contribution in [0.3, 0.4) is 0 Å². The van der Waals surface area contributed by atoms with Gasteiger partial charge in [0.15, 0.2) is 6.10 Å². The number of nitrogens with one attached hydrogen (secondary N) is 1. The van der Waals surface area contributed by atoms with E-state index in [4.69, 9.17) is 9.47 Å². The van der Waals surface area contributed by atoms with Gasteiger partial charge in [0.1, 0.15) is 11.5 Å². The summed E-state index contributed by atoms with van der Waals surface area (Å²) in [6, 6.07) is 7.44. The van der Waals surface area contributed by atoms with Gasteiger partial charge in [-0.3, -0.25) is 4.79 Å². The van der Waals surface area contributed by atoms with Crippen LogP contribution in [0.5, 0.6) is 11.5 Å². The molecule has 0 fully saturated rings. The SMILES string of the molecule is CCC[C@@H](C)NC(=O)[C@@H](CC)Oc1ccc(OC)cc1. The minimum Gasteiger partial charge on any atom is -0.497 e. The van der Waals surface area contributed by atoms with Crippen molar-refractivity contribution in [3.8, 4) is 11.5 Å². The predicted octanol–water partition coefficient (Wildman–Crippen LogP) is 3.16. The Morgan fingerprint density at radius 2 is 1.80 bits per heavy atom. The first-order chi connectivity index (χ1) is 9.60. The lowest BCUT2D eigenvalue weighted by Gasteiger charge is -2.20. The van der Waals surface area contributed by atoms with Gasteiger partial charge in [0, 0.05) is 6.04 Å². The van der Waals surface area contributed by atoms with Gasteiger partial charge in [0.2, 0.25) is 0 Å². The zero-order valence-corrected chi connectivity index (χ0v) is 12.8. The van der Waals surface area contributed by atoms with E-state index in [2.05, 4.69) is 12.2 Å². The molecule has 4 heteroatoms. The van der Waals surface area contributed by atoms with E-state index < -0.39 is 6.10 Å². The number of rotatable bonds is 8. The second kappa shape index (κ2) is 8.46. The third kappa shape index (κ3) is 5.11. The third-order valence-electron chi connectivity index (χ3n) is 3.11. The largest absolute Gasteiger partial charge is 0.497 e. The van der Waals surface area contributed by atoms with Gasteiger partial charge in [-0.1, -0.05) is 20.3 Å². The third-order valence-corrected chi connectivity index (χ3v) is 3.11. The average molecular weight is 279 g/mol. The molecule has 1 aromatic rings. The number of hydrogen-bond acceptors (Lipinski definition) is 3. The summed E-state index contributed by atoms with van der Waals surface area (Å²) in [6.45, 7) is 6.06. The van der Waals surface area contributed by atoms with Crippen LogP contribution in [0.1, 0.15) is 40.0 Å². The normalized spacial score (nSPS) is 13.4. The van der Waals surface area contributed by atoms with Gasteiger partial charge in [-0.15, -0.1) is 0 Å². The van der Waals surface area contributed by atoms with Crippen molar-refractivity contribution in [1.29, 1.82) is 0 Å². The van der Waals surface area contributed by atoms with Crippen molar-refractivity contribution in [2.45, 2.75) is 52.2 Å². The van der Waals surface area contributed by atoms with E-state index in [9.17, 15) is 4.79 Å². The van der Waals surface area contributed by atoms with Gasteiger partial charge >= 0.3 is 0 Å². The van der Waals surface area contributed by atoms with Crippen molar-refractivity contribution >= 4 is 5.91 Å². The molecule has 0 radical (unpaired) electrons.